The number of hydrogen-bond acceptors (Lipinski definition) is 2. The van der Waals surface area contributed by atoms with E-state index in [2.05, 4.69) is 48.1 Å². The Balaban J connectivity index is 0.00000180. The fraction of sp³-hybridized carbons (Fsp3) is 0.538. The van der Waals surface area contributed by atoms with E-state index in [0.717, 1.165) is 35.1 Å². The van der Waals surface area contributed by atoms with Crippen LogP contribution in [0.4, 0.5) is 4.39 Å². The van der Waals surface area contributed by atoms with E-state index >= 15 is 0 Å². The van der Waals surface area contributed by atoms with Crippen molar-refractivity contribution in [1.82, 2.24) is 10.2 Å². The molecule has 0 aliphatic carbocycles. The average molecular weight is 417 g/mol. The van der Waals surface area contributed by atoms with Gasteiger partial charge in [-0.1, -0.05) is 31.9 Å². The Bertz CT molecular complexity index is 400. The van der Waals surface area contributed by atoms with E-state index < -0.39 is 0 Å². The molecule has 0 unspecified atom stereocenters. The fourth-order valence-electron chi connectivity index (χ4n) is 2.40. The van der Waals surface area contributed by atoms with Gasteiger partial charge in [0.2, 0.25) is 0 Å². The van der Waals surface area contributed by atoms with E-state index in [1.165, 1.54) is 5.56 Å². The maximum Gasteiger partial charge on any atom is 0.0912 e. The van der Waals surface area contributed by atoms with Crippen LogP contribution >= 0.6 is 44.3 Å². The molecule has 0 spiro atoms. The molecule has 0 bridgehead atoms. The van der Waals surface area contributed by atoms with Gasteiger partial charge in [0, 0.05) is 41.2 Å². The standard InChI is InChI=1S/C13H17Br2FN2.ClH/c14-10-1-2-12(15)11(9-10)13(3-4-16)18-7-5-17-6-8-18;/h1-2,9,13,17H,3-8H2;1H/t13-;/m0./s1. The molecule has 108 valence electrons. The Morgan fingerprint density at radius 1 is 1.26 bits per heavy atom. The minimum absolute atomic E-state index is 0. The van der Waals surface area contributed by atoms with Crippen molar-refractivity contribution in [2.45, 2.75) is 12.5 Å². The van der Waals surface area contributed by atoms with Crippen molar-refractivity contribution < 1.29 is 4.39 Å². The van der Waals surface area contributed by atoms with Crippen molar-refractivity contribution >= 4 is 44.3 Å². The van der Waals surface area contributed by atoms with Crippen molar-refractivity contribution in [3.63, 3.8) is 0 Å². The van der Waals surface area contributed by atoms with Crippen LogP contribution in [0.25, 0.3) is 0 Å². The summed E-state index contributed by atoms with van der Waals surface area (Å²) in [6.45, 7) is 3.63. The smallest absolute Gasteiger partial charge is 0.0912 e. The van der Waals surface area contributed by atoms with Crippen molar-refractivity contribution in [2.24, 2.45) is 0 Å². The van der Waals surface area contributed by atoms with Gasteiger partial charge >= 0.3 is 0 Å². The summed E-state index contributed by atoms with van der Waals surface area (Å²) in [4.78, 5) is 2.36. The van der Waals surface area contributed by atoms with Crippen molar-refractivity contribution in [2.75, 3.05) is 32.9 Å². The van der Waals surface area contributed by atoms with Crippen LogP contribution < -0.4 is 5.32 Å². The molecular formula is C13H18Br2ClFN2. The first-order valence-corrected chi connectivity index (χ1v) is 7.76. The maximum atomic E-state index is 12.8. The van der Waals surface area contributed by atoms with E-state index in [1.807, 2.05) is 12.1 Å². The van der Waals surface area contributed by atoms with E-state index in [9.17, 15) is 4.39 Å². The van der Waals surface area contributed by atoms with Gasteiger partial charge in [-0.15, -0.1) is 12.4 Å². The molecule has 2 rings (SSSR count). The van der Waals surface area contributed by atoms with Gasteiger partial charge in [-0.05, 0) is 30.2 Å². The van der Waals surface area contributed by atoms with Crippen LogP contribution in [0.5, 0.6) is 0 Å². The van der Waals surface area contributed by atoms with Gasteiger partial charge < -0.3 is 5.32 Å². The lowest BCUT2D eigenvalue weighted by Gasteiger charge is -2.35. The average Bonchev–Trinajstić information content (AvgIpc) is 2.40. The van der Waals surface area contributed by atoms with Gasteiger partial charge in [-0.25, -0.2) is 0 Å². The molecule has 1 aromatic carbocycles. The van der Waals surface area contributed by atoms with E-state index in [0.29, 0.717) is 6.42 Å². The van der Waals surface area contributed by atoms with Gasteiger partial charge in [0.1, 0.15) is 0 Å². The number of rotatable bonds is 4. The number of hydrogen-bond donors (Lipinski definition) is 1. The first-order valence-electron chi connectivity index (χ1n) is 6.18. The molecule has 2 nitrogen and oxygen atoms in total. The molecule has 1 aromatic rings. The minimum Gasteiger partial charge on any atom is -0.314 e. The molecule has 19 heavy (non-hydrogen) atoms. The zero-order valence-electron chi connectivity index (χ0n) is 10.5. The first-order chi connectivity index (χ1) is 8.72. The predicted octanol–water partition coefficient (Wildman–Crippen LogP) is 3.94. The highest BCUT2D eigenvalue weighted by molar-refractivity contribution is 9.11. The summed E-state index contributed by atoms with van der Waals surface area (Å²) in [6, 6.07) is 6.26. The monoisotopic (exact) mass is 414 g/mol. The van der Waals surface area contributed by atoms with Crippen LogP contribution in [0, 0.1) is 0 Å². The molecule has 1 fully saturated rings. The lowest BCUT2D eigenvalue weighted by Crippen LogP contribution is -2.45. The van der Waals surface area contributed by atoms with Crippen molar-refractivity contribution in [1.29, 1.82) is 0 Å². The number of nitrogens with one attached hydrogen (secondary N) is 1. The molecule has 6 heteroatoms. The van der Waals surface area contributed by atoms with Crippen molar-refractivity contribution in [3.8, 4) is 0 Å². The highest BCUT2D eigenvalue weighted by Crippen LogP contribution is 2.32. The second-order valence-corrected chi connectivity index (χ2v) is 6.22. The zero-order valence-corrected chi connectivity index (χ0v) is 14.5. The molecular weight excluding hydrogens is 398 g/mol. The maximum absolute atomic E-state index is 12.8. The Hall–Kier alpha value is 0.320. The second-order valence-electron chi connectivity index (χ2n) is 4.45. The first kappa shape index (κ1) is 17.4. The van der Waals surface area contributed by atoms with Crippen LogP contribution in [0.15, 0.2) is 27.1 Å². The Kier molecular flexibility index (Phi) is 7.84. The Morgan fingerprint density at radius 3 is 2.58 bits per heavy atom. The number of piperazine rings is 1. The van der Waals surface area contributed by atoms with Gasteiger partial charge in [-0.3, -0.25) is 9.29 Å². The number of nitrogens with zero attached hydrogens (tertiary/aromatic N) is 1. The van der Waals surface area contributed by atoms with Crippen molar-refractivity contribution in [3.05, 3.63) is 32.7 Å². The quantitative estimate of drug-likeness (QED) is 0.800. The molecule has 0 saturated carbocycles. The van der Waals surface area contributed by atoms with Gasteiger partial charge in [-0.2, -0.15) is 0 Å². The van der Waals surface area contributed by atoms with E-state index in [-0.39, 0.29) is 25.1 Å². The molecule has 0 amide bonds. The van der Waals surface area contributed by atoms with Gasteiger partial charge in [0.25, 0.3) is 0 Å². The lowest BCUT2D eigenvalue weighted by molar-refractivity contribution is 0.157. The summed E-state index contributed by atoms with van der Waals surface area (Å²) in [6.07, 6.45) is 0.551. The number of benzene rings is 1. The zero-order chi connectivity index (χ0) is 13.0. The van der Waals surface area contributed by atoms with Crippen LogP contribution in [-0.2, 0) is 0 Å². The van der Waals surface area contributed by atoms with Crippen LogP contribution in [0.1, 0.15) is 18.0 Å². The lowest BCUT2D eigenvalue weighted by atomic mass is 10.0. The highest BCUT2D eigenvalue weighted by Gasteiger charge is 2.23. The number of halogens is 4. The summed E-state index contributed by atoms with van der Waals surface area (Å²) in [5, 5.41) is 3.33. The predicted molar refractivity (Wildman–Crippen MR) is 86.9 cm³/mol. The Labute approximate surface area is 136 Å². The third-order valence-corrected chi connectivity index (χ3v) is 4.51. The third-order valence-electron chi connectivity index (χ3n) is 3.29. The number of alkyl halides is 1. The summed E-state index contributed by atoms with van der Waals surface area (Å²) < 4.78 is 14.9. The molecule has 1 aliphatic heterocycles. The van der Waals surface area contributed by atoms with Gasteiger partial charge in [0.15, 0.2) is 0 Å². The second kappa shape index (κ2) is 8.57. The van der Waals surface area contributed by atoms with Gasteiger partial charge in [0.05, 0.1) is 6.67 Å². The minimum atomic E-state index is -0.284. The molecule has 1 heterocycles. The summed E-state index contributed by atoms with van der Waals surface area (Å²) in [5.74, 6) is 0. The molecule has 1 saturated heterocycles. The van der Waals surface area contributed by atoms with Crippen LogP contribution in [-0.4, -0.2) is 37.8 Å². The largest absolute Gasteiger partial charge is 0.314 e. The summed E-state index contributed by atoms with van der Waals surface area (Å²) >= 11 is 7.08. The Morgan fingerprint density at radius 2 is 1.95 bits per heavy atom. The molecule has 1 atom stereocenters. The summed E-state index contributed by atoms with van der Waals surface area (Å²) in [7, 11) is 0. The van der Waals surface area contributed by atoms with Crippen LogP contribution in [0.2, 0.25) is 0 Å². The molecule has 1 aliphatic rings. The normalized spacial score (nSPS) is 17.8. The molecule has 0 radical (unpaired) electrons. The SMILES string of the molecule is Cl.FCC[C@@H](c1cc(Br)ccc1Br)N1CCNCC1. The molecule has 1 N–H and O–H groups in total. The topological polar surface area (TPSA) is 15.3 Å². The summed E-state index contributed by atoms with van der Waals surface area (Å²) in [5.41, 5.74) is 1.17. The fourth-order valence-corrected chi connectivity index (χ4v) is 3.29. The van der Waals surface area contributed by atoms with E-state index in [4.69, 9.17) is 0 Å². The van der Waals surface area contributed by atoms with Crippen LogP contribution in [0.3, 0.4) is 0 Å². The van der Waals surface area contributed by atoms with E-state index in [1.54, 1.807) is 0 Å². The molecule has 0 aromatic heterocycles. The third kappa shape index (κ3) is 4.67. The highest BCUT2D eigenvalue weighted by atomic mass is 79.9.